The molecule has 1 saturated heterocycles. The van der Waals surface area contributed by atoms with Gasteiger partial charge < -0.3 is 9.64 Å². The van der Waals surface area contributed by atoms with Crippen LogP contribution in [0.5, 0.6) is 5.75 Å². The molecule has 3 aromatic rings. The van der Waals surface area contributed by atoms with Crippen LogP contribution in [0.25, 0.3) is 0 Å². The number of aromatic nitrogens is 4. The number of piperidine rings is 1. The van der Waals surface area contributed by atoms with Crippen LogP contribution in [0.15, 0.2) is 34.8 Å². The number of benzene rings is 1. The number of nitrogens with one attached hydrogen (secondary N) is 2. The summed E-state index contributed by atoms with van der Waals surface area (Å²) in [5.74, 6) is 0.550. The number of thioether (sulfide) groups is 1. The molecule has 2 amide bonds. The lowest BCUT2D eigenvalue weighted by molar-refractivity contribution is -0.146. The first-order valence-electron chi connectivity index (χ1n) is 10.7. The zero-order chi connectivity index (χ0) is 24.3. The number of thiazole rings is 1. The highest BCUT2D eigenvalue weighted by atomic mass is 35.5. The summed E-state index contributed by atoms with van der Waals surface area (Å²) in [5, 5.41) is 13.0. The minimum absolute atomic E-state index is 0.0817. The summed E-state index contributed by atoms with van der Waals surface area (Å²) in [6, 6.07) is 7.13. The van der Waals surface area contributed by atoms with Gasteiger partial charge in [0.25, 0.3) is 11.8 Å². The van der Waals surface area contributed by atoms with Crippen LogP contribution in [0, 0.1) is 0 Å². The Labute approximate surface area is 210 Å². The van der Waals surface area contributed by atoms with E-state index in [9.17, 15) is 9.59 Å². The summed E-state index contributed by atoms with van der Waals surface area (Å²) >= 11 is 9.03. The molecule has 2 aromatic heterocycles. The minimum atomic E-state index is -1.04. The van der Waals surface area contributed by atoms with Gasteiger partial charge in [-0.25, -0.2) is 10.1 Å². The first-order chi connectivity index (χ1) is 16.3. The molecule has 1 fully saturated rings. The molecule has 3 heterocycles. The molecule has 12 heteroatoms. The number of anilines is 1. The Balaban J connectivity index is 1.33. The van der Waals surface area contributed by atoms with E-state index in [1.165, 1.54) is 23.1 Å². The highest BCUT2D eigenvalue weighted by molar-refractivity contribution is 7.98. The molecule has 34 heavy (non-hydrogen) atoms. The molecular weight excluding hydrogens is 496 g/mol. The van der Waals surface area contributed by atoms with Gasteiger partial charge in [-0.15, -0.1) is 16.4 Å². The number of amides is 2. The van der Waals surface area contributed by atoms with E-state index in [4.69, 9.17) is 16.3 Å². The Bertz CT molecular complexity index is 1170. The number of H-pyrrole nitrogens is 1. The predicted molar refractivity (Wildman–Crippen MR) is 133 cm³/mol. The topological polar surface area (TPSA) is 113 Å². The van der Waals surface area contributed by atoms with Crippen molar-refractivity contribution in [3.05, 3.63) is 45.4 Å². The normalized spacial score (nSPS) is 14.8. The lowest BCUT2D eigenvalue weighted by Crippen LogP contribution is -2.51. The molecule has 4 rings (SSSR count). The van der Waals surface area contributed by atoms with Gasteiger partial charge in [-0.1, -0.05) is 35.5 Å². The van der Waals surface area contributed by atoms with Gasteiger partial charge >= 0.3 is 0 Å². The fraction of sp³-hybridized carbons (Fsp3) is 0.409. The smallest absolute Gasteiger partial charge is 0.277 e. The molecule has 0 unspecified atom stereocenters. The van der Waals surface area contributed by atoms with Gasteiger partial charge in [-0.3, -0.25) is 14.9 Å². The van der Waals surface area contributed by atoms with E-state index in [0.29, 0.717) is 34.7 Å². The van der Waals surface area contributed by atoms with Crippen LogP contribution in [0.1, 0.15) is 48.1 Å². The number of likely N-dealkylation sites (tertiary alicyclic amines) is 1. The molecular formula is C22H25ClN6O3S2. The van der Waals surface area contributed by atoms with Crippen LogP contribution in [-0.4, -0.2) is 61.8 Å². The van der Waals surface area contributed by atoms with Crippen molar-refractivity contribution in [3.8, 4) is 5.75 Å². The zero-order valence-electron chi connectivity index (χ0n) is 19.0. The Morgan fingerprint density at radius 3 is 2.68 bits per heavy atom. The number of carbonyl (C=O) groups is 2. The van der Waals surface area contributed by atoms with Crippen LogP contribution in [0.2, 0.25) is 5.02 Å². The number of para-hydroxylation sites is 1. The highest BCUT2D eigenvalue weighted by Crippen LogP contribution is 2.33. The molecule has 9 nitrogen and oxygen atoms in total. The Morgan fingerprint density at radius 1 is 1.26 bits per heavy atom. The van der Waals surface area contributed by atoms with Crippen LogP contribution >= 0.6 is 34.7 Å². The maximum absolute atomic E-state index is 13.1. The third-order valence-electron chi connectivity index (χ3n) is 5.48. The van der Waals surface area contributed by atoms with E-state index in [0.717, 1.165) is 17.8 Å². The highest BCUT2D eigenvalue weighted by Gasteiger charge is 2.37. The second-order valence-corrected chi connectivity index (χ2v) is 10.4. The van der Waals surface area contributed by atoms with Crippen LogP contribution in [0.4, 0.5) is 5.95 Å². The van der Waals surface area contributed by atoms with Crippen LogP contribution in [-0.2, 0) is 4.79 Å². The quantitative estimate of drug-likeness (QED) is 0.442. The molecule has 1 aliphatic heterocycles. The van der Waals surface area contributed by atoms with Gasteiger partial charge in [0, 0.05) is 24.4 Å². The van der Waals surface area contributed by atoms with Gasteiger partial charge in [0.05, 0.1) is 10.0 Å². The second-order valence-electron chi connectivity index (χ2n) is 8.31. The summed E-state index contributed by atoms with van der Waals surface area (Å²) in [4.78, 5) is 36.2. The Morgan fingerprint density at radius 2 is 2.00 bits per heavy atom. The molecule has 1 aliphatic rings. The number of halogens is 1. The lowest BCUT2D eigenvalue weighted by Gasteiger charge is -2.36. The van der Waals surface area contributed by atoms with E-state index < -0.39 is 5.60 Å². The van der Waals surface area contributed by atoms with Crippen molar-refractivity contribution in [2.24, 2.45) is 0 Å². The first-order valence-corrected chi connectivity index (χ1v) is 13.2. The molecule has 0 atom stereocenters. The number of aromatic amines is 1. The molecule has 180 valence electrons. The number of rotatable bonds is 7. The van der Waals surface area contributed by atoms with Gasteiger partial charge in [-0.2, -0.15) is 4.98 Å². The third kappa shape index (κ3) is 5.53. The van der Waals surface area contributed by atoms with Crippen molar-refractivity contribution in [2.75, 3.05) is 24.7 Å². The summed E-state index contributed by atoms with van der Waals surface area (Å²) in [5.41, 5.74) is -0.698. The Kier molecular flexibility index (Phi) is 7.44. The number of hydrogen-bond acceptors (Lipinski definition) is 8. The Hall–Kier alpha value is -2.63. The van der Waals surface area contributed by atoms with Crippen molar-refractivity contribution in [1.29, 1.82) is 0 Å². The van der Waals surface area contributed by atoms with Gasteiger partial charge in [-0.05, 0) is 45.1 Å². The SMILES string of the molecule is CSc1n[nH]c(NC(=O)c2csc(C3CCN(C(=O)C(C)(C)Oc4ccccc4Cl)CC3)n2)n1. The van der Waals surface area contributed by atoms with E-state index in [1.807, 2.05) is 23.3 Å². The monoisotopic (exact) mass is 520 g/mol. The van der Waals surface area contributed by atoms with Crippen LogP contribution in [0.3, 0.4) is 0 Å². The second kappa shape index (κ2) is 10.3. The number of hydrogen-bond donors (Lipinski definition) is 2. The van der Waals surface area contributed by atoms with Gasteiger partial charge in [0.1, 0.15) is 11.4 Å². The number of carbonyl (C=O) groups excluding carboxylic acids is 2. The molecule has 0 radical (unpaired) electrons. The van der Waals surface area contributed by atoms with Crippen molar-refractivity contribution in [2.45, 2.75) is 43.4 Å². The maximum Gasteiger partial charge on any atom is 0.277 e. The number of nitrogens with zero attached hydrogens (tertiary/aromatic N) is 4. The predicted octanol–water partition coefficient (Wildman–Crippen LogP) is 4.45. The lowest BCUT2D eigenvalue weighted by atomic mass is 9.96. The summed E-state index contributed by atoms with van der Waals surface area (Å²) < 4.78 is 5.95. The maximum atomic E-state index is 13.1. The number of ether oxygens (including phenoxy) is 1. The van der Waals surface area contributed by atoms with Gasteiger partial charge in [0.15, 0.2) is 5.60 Å². The molecule has 2 N–H and O–H groups in total. The summed E-state index contributed by atoms with van der Waals surface area (Å²) in [6.45, 7) is 4.70. The molecule has 0 saturated carbocycles. The van der Waals surface area contributed by atoms with Crippen LogP contribution < -0.4 is 10.1 Å². The van der Waals surface area contributed by atoms with Crippen molar-refractivity contribution >= 4 is 52.5 Å². The zero-order valence-corrected chi connectivity index (χ0v) is 21.4. The fourth-order valence-electron chi connectivity index (χ4n) is 3.70. The minimum Gasteiger partial charge on any atom is -0.476 e. The first kappa shape index (κ1) is 24.5. The average molecular weight is 521 g/mol. The van der Waals surface area contributed by atoms with E-state index in [-0.39, 0.29) is 23.7 Å². The summed E-state index contributed by atoms with van der Waals surface area (Å²) in [7, 11) is 0. The van der Waals surface area contributed by atoms with Gasteiger partial charge in [0.2, 0.25) is 11.1 Å². The largest absolute Gasteiger partial charge is 0.476 e. The molecule has 1 aromatic carbocycles. The third-order valence-corrected chi connectivity index (χ3v) is 7.35. The van der Waals surface area contributed by atoms with E-state index >= 15 is 0 Å². The standard InChI is InChI=1S/C22H25ClN6O3S2/c1-22(2,32-16-7-5-4-6-14(16)23)19(31)29-10-8-13(9-11-29)18-24-15(12-34-18)17(30)25-20-26-21(33-3)28-27-20/h4-7,12-13H,8-11H2,1-3H3,(H2,25,26,27,28,30). The summed E-state index contributed by atoms with van der Waals surface area (Å²) in [6.07, 6.45) is 3.39. The van der Waals surface area contributed by atoms with E-state index in [1.54, 1.807) is 31.4 Å². The molecule has 0 aliphatic carbocycles. The average Bonchev–Trinajstić information content (AvgIpc) is 3.50. The molecule has 0 spiro atoms. The van der Waals surface area contributed by atoms with Crippen molar-refractivity contribution in [1.82, 2.24) is 25.1 Å². The molecule has 0 bridgehead atoms. The van der Waals surface area contributed by atoms with Crippen molar-refractivity contribution < 1.29 is 14.3 Å². The van der Waals surface area contributed by atoms with E-state index in [2.05, 4.69) is 25.5 Å². The fourth-order valence-corrected chi connectivity index (χ4v) is 5.17. The van der Waals surface area contributed by atoms with Crippen molar-refractivity contribution in [3.63, 3.8) is 0 Å².